The molecule has 0 heterocycles. The van der Waals surface area contributed by atoms with Gasteiger partial charge < -0.3 is 10.6 Å². The molecule has 1 aromatic rings. The van der Waals surface area contributed by atoms with Gasteiger partial charge in [0.1, 0.15) is 4.90 Å². The minimum absolute atomic E-state index is 0.288. The summed E-state index contributed by atoms with van der Waals surface area (Å²) < 4.78 is 26.9. The lowest BCUT2D eigenvalue weighted by Crippen LogP contribution is -2.41. The largest absolute Gasteiger partial charge is 0.368 e. The Hall–Kier alpha value is -1.11. The monoisotopic (exact) mass is 311 g/mol. The van der Waals surface area contributed by atoms with Crippen LogP contribution in [-0.2, 0) is 10.0 Å². The van der Waals surface area contributed by atoms with Gasteiger partial charge in [0.25, 0.3) is 0 Å². The fourth-order valence-electron chi connectivity index (χ4n) is 3.07. The van der Waals surface area contributed by atoms with Gasteiger partial charge in [-0.15, -0.1) is 0 Å². The third kappa shape index (κ3) is 3.56. The van der Waals surface area contributed by atoms with Crippen molar-refractivity contribution in [3.8, 4) is 0 Å². The Labute approximate surface area is 127 Å². The molecule has 1 aliphatic rings. The molecule has 3 N–H and O–H groups in total. The van der Waals surface area contributed by atoms with E-state index in [-0.39, 0.29) is 6.04 Å². The van der Waals surface area contributed by atoms with Crippen molar-refractivity contribution in [1.82, 2.24) is 4.72 Å². The number of hydrogen-bond donors (Lipinski definition) is 2. The standard InChI is InChI=1S/C15H25N3O2S/c1-3-18(13-10-8-12(16)9-11-13)14-6-4-5-7-15(14)21(19,20)17-2/h4-7,12-13,17H,3,8-11,16H2,1-2H3. The molecule has 1 aromatic carbocycles. The number of benzene rings is 1. The molecule has 21 heavy (non-hydrogen) atoms. The quantitative estimate of drug-likeness (QED) is 0.868. The molecule has 0 spiro atoms. The van der Waals surface area contributed by atoms with Gasteiger partial charge in [-0.25, -0.2) is 13.1 Å². The summed E-state index contributed by atoms with van der Waals surface area (Å²) in [5, 5.41) is 0. The predicted molar refractivity (Wildman–Crippen MR) is 85.9 cm³/mol. The Morgan fingerprint density at radius 1 is 1.24 bits per heavy atom. The molecular formula is C15H25N3O2S. The van der Waals surface area contributed by atoms with E-state index < -0.39 is 10.0 Å². The van der Waals surface area contributed by atoms with Gasteiger partial charge in [-0.05, 0) is 51.8 Å². The van der Waals surface area contributed by atoms with Gasteiger partial charge in [-0.1, -0.05) is 12.1 Å². The van der Waals surface area contributed by atoms with E-state index in [0.717, 1.165) is 37.9 Å². The smallest absolute Gasteiger partial charge is 0.242 e. The summed E-state index contributed by atoms with van der Waals surface area (Å²) in [7, 11) is -2.00. The number of nitrogens with zero attached hydrogens (tertiary/aromatic N) is 1. The second-order valence-corrected chi connectivity index (χ2v) is 7.38. The van der Waals surface area contributed by atoms with Gasteiger partial charge in [-0.2, -0.15) is 0 Å². The Bertz CT molecular complexity index is 566. The predicted octanol–water partition coefficient (Wildman–Crippen LogP) is 1.69. The summed E-state index contributed by atoms with van der Waals surface area (Å²) >= 11 is 0. The van der Waals surface area contributed by atoms with Crippen LogP contribution >= 0.6 is 0 Å². The molecule has 1 aliphatic carbocycles. The van der Waals surface area contributed by atoms with Gasteiger partial charge in [0.15, 0.2) is 0 Å². The van der Waals surface area contributed by atoms with E-state index in [0.29, 0.717) is 10.9 Å². The molecule has 0 aliphatic heterocycles. The van der Waals surface area contributed by atoms with Crippen LogP contribution in [0, 0.1) is 0 Å². The molecule has 0 saturated heterocycles. The number of anilines is 1. The SMILES string of the molecule is CCN(c1ccccc1S(=O)(=O)NC)C1CCC(N)CC1. The maximum Gasteiger partial charge on any atom is 0.242 e. The van der Waals surface area contributed by atoms with Crippen LogP contribution in [0.15, 0.2) is 29.2 Å². The lowest BCUT2D eigenvalue weighted by Gasteiger charge is -2.37. The summed E-state index contributed by atoms with van der Waals surface area (Å²) in [6.07, 6.45) is 4.04. The van der Waals surface area contributed by atoms with Crippen molar-refractivity contribution >= 4 is 15.7 Å². The fraction of sp³-hybridized carbons (Fsp3) is 0.600. The number of nitrogens with one attached hydrogen (secondary N) is 1. The van der Waals surface area contributed by atoms with Crippen molar-refractivity contribution in [2.75, 3.05) is 18.5 Å². The van der Waals surface area contributed by atoms with Crippen LogP contribution in [0.25, 0.3) is 0 Å². The first kappa shape index (κ1) is 16.3. The third-order valence-corrected chi connectivity index (χ3v) is 5.72. The number of rotatable bonds is 5. The van der Waals surface area contributed by atoms with E-state index in [9.17, 15) is 8.42 Å². The zero-order chi connectivity index (χ0) is 15.5. The van der Waals surface area contributed by atoms with Crippen LogP contribution in [0.5, 0.6) is 0 Å². The molecule has 1 saturated carbocycles. The van der Waals surface area contributed by atoms with E-state index in [2.05, 4.69) is 16.5 Å². The molecule has 5 nitrogen and oxygen atoms in total. The Morgan fingerprint density at radius 3 is 2.43 bits per heavy atom. The Morgan fingerprint density at radius 2 is 1.86 bits per heavy atom. The molecule has 1 fully saturated rings. The van der Waals surface area contributed by atoms with Crippen molar-refractivity contribution < 1.29 is 8.42 Å². The first-order valence-corrected chi connectivity index (χ1v) is 9.02. The molecule has 0 aromatic heterocycles. The first-order chi connectivity index (χ1) is 9.99. The van der Waals surface area contributed by atoms with Gasteiger partial charge in [-0.3, -0.25) is 0 Å². The highest BCUT2D eigenvalue weighted by Crippen LogP contribution is 2.31. The maximum atomic E-state index is 12.2. The minimum atomic E-state index is -3.45. The third-order valence-electron chi connectivity index (χ3n) is 4.26. The molecule has 6 heteroatoms. The van der Waals surface area contributed by atoms with Crippen LogP contribution < -0.4 is 15.4 Å². The zero-order valence-corrected chi connectivity index (χ0v) is 13.6. The van der Waals surface area contributed by atoms with Gasteiger partial charge in [0, 0.05) is 18.6 Å². The average molecular weight is 311 g/mol. The second kappa shape index (κ2) is 6.77. The second-order valence-electron chi connectivity index (χ2n) is 5.53. The maximum absolute atomic E-state index is 12.2. The van der Waals surface area contributed by atoms with E-state index in [1.807, 2.05) is 12.1 Å². The normalized spacial score (nSPS) is 23.0. The molecular weight excluding hydrogens is 286 g/mol. The zero-order valence-electron chi connectivity index (χ0n) is 12.7. The van der Waals surface area contributed by atoms with E-state index in [4.69, 9.17) is 5.73 Å². The van der Waals surface area contributed by atoms with Gasteiger partial charge in [0.2, 0.25) is 10.0 Å². The van der Waals surface area contributed by atoms with E-state index >= 15 is 0 Å². The van der Waals surface area contributed by atoms with Crippen molar-refractivity contribution in [2.24, 2.45) is 5.73 Å². The highest BCUT2D eigenvalue weighted by Gasteiger charge is 2.27. The van der Waals surface area contributed by atoms with E-state index in [1.54, 1.807) is 12.1 Å². The van der Waals surface area contributed by atoms with Crippen molar-refractivity contribution in [2.45, 2.75) is 49.6 Å². The van der Waals surface area contributed by atoms with Crippen LogP contribution in [0.3, 0.4) is 0 Å². The average Bonchev–Trinajstić information content (AvgIpc) is 2.50. The first-order valence-electron chi connectivity index (χ1n) is 7.54. The fourth-order valence-corrected chi connectivity index (χ4v) is 4.01. The van der Waals surface area contributed by atoms with Crippen LogP contribution in [0.4, 0.5) is 5.69 Å². The van der Waals surface area contributed by atoms with Gasteiger partial charge in [0.05, 0.1) is 5.69 Å². The molecule has 118 valence electrons. The lowest BCUT2D eigenvalue weighted by atomic mass is 9.90. The van der Waals surface area contributed by atoms with E-state index in [1.165, 1.54) is 7.05 Å². The highest BCUT2D eigenvalue weighted by atomic mass is 32.2. The lowest BCUT2D eigenvalue weighted by molar-refractivity contribution is 0.377. The Kier molecular flexibility index (Phi) is 5.24. The summed E-state index contributed by atoms with van der Waals surface area (Å²) in [5.74, 6) is 0. The minimum Gasteiger partial charge on any atom is -0.368 e. The molecule has 0 amide bonds. The molecule has 0 unspecified atom stereocenters. The van der Waals surface area contributed by atoms with Crippen LogP contribution in [-0.4, -0.2) is 34.1 Å². The number of nitrogens with two attached hydrogens (primary N) is 1. The molecule has 0 radical (unpaired) electrons. The van der Waals surface area contributed by atoms with Crippen LogP contribution in [0.2, 0.25) is 0 Å². The molecule has 2 rings (SSSR count). The summed E-state index contributed by atoms with van der Waals surface area (Å²) in [4.78, 5) is 2.56. The topological polar surface area (TPSA) is 75.4 Å². The Balaban J connectivity index is 2.35. The summed E-state index contributed by atoms with van der Waals surface area (Å²) in [5.41, 5.74) is 6.76. The van der Waals surface area contributed by atoms with Gasteiger partial charge >= 0.3 is 0 Å². The molecule has 0 bridgehead atoms. The number of hydrogen-bond acceptors (Lipinski definition) is 4. The number of sulfonamides is 1. The van der Waals surface area contributed by atoms with Crippen LogP contribution in [0.1, 0.15) is 32.6 Å². The number of para-hydroxylation sites is 1. The van der Waals surface area contributed by atoms with Crippen molar-refractivity contribution in [3.63, 3.8) is 0 Å². The highest BCUT2D eigenvalue weighted by molar-refractivity contribution is 7.89. The summed E-state index contributed by atoms with van der Waals surface area (Å²) in [6.45, 7) is 2.85. The summed E-state index contributed by atoms with van der Waals surface area (Å²) in [6, 6.07) is 7.86. The van der Waals surface area contributed by atoms with Crippen molar-refractivity contribution in [1.29, 1.82) is 0 Å². The molecule has 0 atom stereocenters. The van der Waals surface area contributed by atoms with Crippen molar-refractivity contribution in [3.05, 3.63) is 24.3 Å².